The lowest BCUT2D eigenvalue weighted by atomic mass is 9.75. The van der Waals surface area contributed by atoms with Gasteiger partial charge >= 0.3 is 0 Å². The Bertz CT molecular complexity index is 1250. The topological polar surface area (TPSA) is 69.7 Å². The van der Waals surface area contributed by atoms with E-state index in [-0.39, 0.29) is 28.8 Å². The minimum absolute atomic E-state index is 0.183. The first-order chi connectivity index (χ1) is 15.3. The van der Waals surface area contributed by atoms with Crippen LogP contribution in [0, 0.1) is 18.8 Å². The van der Waals surface area contributed by atoms with Crippen LogP contribution >= 0.6 is 34.8 Å². The molecule has 6 nitrogen and oxygen atoms in total. The van der Waals surface area contributed by atoms with Crippen LogP contribution in [0.3, 0.4) is 0 Å². The highest BCUT2D eigenvalue weighted by Gasteiger charge is 2.74. The number of hydrogen-bond acceptors (Lipinski definition) is 4. The van der Waals surface area contributed by atoms with E-state index in [1.54, 1.807) is 18.2 Å². The van der Waals surface area contributed by atoms with Gasteiger partial charge in [-0.15, -0.1) is 0 Å². The highest BCUT2D eigenvalue weighted by molar-refractivity contribution is 6.42. The van der Waals surface area contributed by atoms with Crippen LogP contribution in [0.2, 0.25) is 15.1 Å². The molecule has 4 aliphatic rings. The molecular formula is C23H18Cl3N3O3. The predicted octanol–water partition coefficient (Wildman–Crippen LogP) is 4.39. The zero-order valence-corrected chi connectivity index (χ0v) is 19.3. The number of nitrogens with one attached hydrogen (secondary N) is 1. The molecule has 2 aromatic rings. The van der Waals surface area contributed by atoms with Crippen LogP contribution in [0.15, 0.2) is 30.3 Å². The number of halogens is 3. The summed E-state index contributed by atoms with van der Waals surface area (Å²) in [7, 11) is 0. The first-order valence-corrected chi connectivity index (χ1v) is 11.6. The van der Waals surface area contributed by atoms with Gasteiger partial charge in [-0.3, -0.25) is 19.3 Å². The normalized spacial score (nSPS) is 30.8. The second-order valence-corrected chi connectivity index (χ2v) is 10.1. The third-order valence-electron chi connectivity index (χ3n) is 7.52. The number of fused-ring (bicyclic) bond motifs is 7. The number of carbonyl (C=O) groups excluding carboxylic acids is 3. The molecule has 2 aromatic carbocycles. The molecule has 164 valence electrons. The number of imide groups is 1. The summed E-state index contributed by atoms with van der Waals surface area (Å²) in [6, 6.07) is 8.09. The molecule has 4 heterocycles. The van der Waals surface area contributed by atoms with Crippen molar-refractivity contribution in [1.29, 1.82) is 0 Å². The summed E-state index contributed by atoms with van der Waals surface area (Å²) in [6.45, 7) is 2.50. The molecule has 9 heteroatoms. The van der Waals surface area contributed by atoms with Gasteiger partial charge in [0, 0.05) is 16.6 Å². The second-order valence-electron chi connectivity index (χ2n) is 8.83. The fourth-order valence-corrected chi connectivity index (χ4v) is 6.72. The smallest absolute Gasteiger partial charge is 0.250 e. The van der Waals surface area contributed by atoms with E-state index >= 15 is 0 Å². The summed E-state index contributed by atoms with van der Waals surface area (Å²) in [6.07, 6.45) is 1.62. The number of rotatable bonds is 1. The van der Waals surface area contributed by atoms with Crippen LogP contribution in [0.5, 0.6) is 0 Å². The van der Waals surface area contributed by atoms with E-state index in [9.17, 15) is 14.4 Å². The van der Waals surface area contributed by atoms with Crippen LogP contribution in [0.4, 0.5) is 11.4 Å². The SMILES string of the molecule is Cc1c(Cl)ccc2c1NC(=O)[C@@]21[C@@H]2C(=O)N(c3ccc(Cl)c(Cl)c3)C(=O)[C@@H]2[C@@H]2CCCN21. The van der Waals surface area contributed by atoms with Gasteiger partial charge in [-0.25, -0.2) is 4.90 Å². The van der Waals surface area contributed by atoms with Crippen molar-refractivity contribution in [1.82, 2.24) is 4.90 Å². The van der Waals surface area contributed by atoms with Gasteiger partial charge in [0.15, 0.2) is 0 Å². The number of nitrogens with zero attached hydrogens (tertiary/aromatic N) is 2. The average molecular weight is 491 g/mol. The number of anilines is 2. The minimum atomic E-state index is -1.23. The molecule has 6 rings (SSSR count). The summed E-state index contributed by atoms with van der Waals surface area (Å²) in [5, 5.41) is 4.12. The molecule has 3 amide bonds. The van der Waals surface area contributed by atoms with Gasteiger partial charge in [0.2, 0.25) is 17.7 Å². The first kappa shape index (κ1) is 20.5. The van der Waals surface area contributed by atoms with E-state index < -0.39 is 17.4 Å². The summed E-state index contributed by atoms with van der Waals surface area (Å²) in [5.74, 6) is -2.37. The average Bonchev–Trinajstić information content (AvgIpc) is 3.46. The molecule has 0 saturated carbocycles. The summed E-state index contributed by atoms with van der Waals surface area (Å²) < 4.78 is 0. The largest absolute Gasteiger partial charge is 0.324 e. The molecule has 1 spiro atoms. The van der Waals surface area contributed by atoms with E-state index in [2.05, 4.69) is 10.2 Å². The van der Waals surface area contributed by atoms with Crippen LogP contribution in [-0.2, 0) is 19.9 Å². The maximum absolute atomic E-state index is 13.9. The lowest BCUT2D eigenvalue weighted by molar-refractivity contribution is -0.135. The maximum Gasteiger partial charge on any atom is 0.250 e. The summed E-state index contributed by atoms with van der Waals surface area (Å²) >= 11 is 18.5. The molecule has 0 unspecified atom stereocenters. The van der Waals surface area contributed by atoms with Gasteiger partial charge in [0.1, 0.15) is 5.54 Å². The van der Waals surface area contributed by atoms with Crippen LogP contribution in [-0.4, -0.2) is 35.2 Å². The summed E-state index contributed by atoms with van der Waals surface area (Å²) in [4.78, 5) is 44.5. The van der Waals surface area contributed by atoms with Crippen LogP contribution in [0.25, 0.3) is 0 Å². The molecule has 4 atom stereocenters. The highest BCUT2D eigenvalue weighted by Crippen LogP contribution is 2.61. The lowest BCUT2D eigenvalue weighted by Gasteiger charge is -2.36. The first-order valence-electron chi connectivity index (χ1n) is 10.5. The van der Waals surface area contributed by atoms with Crippen molar-refractivity contribution in [2.24, 2.45) is 11.8 Å². The number of benzene rings is 2. The molecule has 4 aliphatic heterocycles. The van der Waals surface area contributed by atoms with Gasteiger partial charge in [-0.2, -0.15) is 0 Å². The van der Waals surface area contributed by atoms with Gasteiger partial charge in [0.05, 0.1) is 33.3 Å². The van der Waals surface area contributed by atoms with Crippen LogP contribution in [0.1, 0.15) is 24.0 Å². The summed E-state index contributed by atoms with van der Waals surface area (Å²) in [5.41, 5.74) is 1.26. The number of hydrogen-bond donors (Lipinski definition) is 1. The Morgan fingerprint density at radius 1 is 1.00 bits per heavy atom. The van der Waals surface area contributed by atoms with Gasteiger partial charge in [0.25, 0.3) is 0 Å². The molecule has 0 aliphatic carbocycles. The number of amides is 3. The van der Waals surface area contributed by atoms with Gasteiger partial charge in [-0.05, 0) is 56.1 Å². The fraction of sp³-hybridized carbons (Fsp3) is 0.348. The van der Waals surface area contributed by atoms with Crippen molar-refractivity contribution in [3.8, 4) is 0 Å². The standard InChI is InChI=1S/C23H18Cl3N3O3/c1-10-13(24)7-5-12-19(10)27-22(32)23(12)18-17(16-3-2-8-28(16)23)20(30)29(21(18)31)11-4-6-14(25)15(26)9-11/h4-7,9,16-18H,2-3,8H2,1H3,(H,27,32)/t16-,17+,18-,23-/m0/s1. The zero-order chi connectivity index (χ0) is 22.5. The van der Waals surface area contributed by atoms with Crippen LogP contribution < -0.4 is 10.2 Å². The van der Waals surface area contributed by atoms with Crippen molar-refractivity contribution >= 4 is 63.9 Å². The Hall–Kier alpha value is -2.12. The van der Waals surface area contributed by atoms with Gasteiger partial charge in [-0.1, -0.05) is 40.9 Å². The Balaban J connectivity index is 1.56. The van der Waals surface area contributed by atoms with Crippen molar-refractivity contribution < 1.29 is 14.4 Å². The lowest BCUT2D eigenvalue weighted by Crippen LogP contribution is -2.54. The third kappa shape index (κ3) is 2.29. The quantitative estimate of drug-likeness (QED) is 0.602. The van der Waals surface area contributed by atoms with Crippen molar-refractivity contribution in [2.75, 3.05) is 16.8 Å². The van der Waals surface area contributed by atoms with Gasteiger partial charge < -0.3 is 5.32 Å². The molecular weight excluding hydrogens is 473 g/mol. The second kappa shape index (κ2) is 6.70. The van der Waals surface area contributed by atoms with E-state index in [0.717, 1.165) is 24.0 Å². The third-order valence-corrected chi connectivity index (χ3v) is 8.67. The van der Waals surface area contributed by atoms with Crippen molar-refractivity contribution in [2.45, 2.75) is 31.3 Å². The zero-order valence-electron chi connectivity index (χ0n) is 17.0. The predicted molar refractivity (Wildman–Crippen MR) is 122 cm³/mol. The number of carbonyl (C=O) groups is 3. The maximum atomic E-state index is 13.9. The molecule has 0 radical (unpaired) electrons. The molecule has 1 N–H and O–H groups in total. The molecule has 0 bridgehead atoms. The van der Waals surface area contributed by atoms with E-state index in [0.29, 0.717) is 28.0 Å². The van der Waals surface area contributed by atoms with Crippen molar-refractivity contribution in [3.63, 3.8) is 0 Å². The molecule has 3 saturated heterocycles. The monoisotopic (exact) mass is 489 g/mol. The molecule has 3 fully saturated rings. The Morgan fingerprint density at radius 2 is 1.75 bits per heavy atom. The Morgan fingerprint density at radius 3 is 2.50 bits per heavy atom. The van der Waals surface area contributed by atoms with E-state index in [1.165, 1.54) is 11.0 Å². The Labute approximate surface area is 199 Å². The Kier molecular flexibility index (Phi) is 4.29. The van der Waals surface area contributed by atoms with E-state index in [1.807, 2.05) is 13.0 Å². The molecule has 32 heavy (non-hydrogen) atoms. The fourth-order valence-electron chi connectivity index (χ4n) is 6.27. The highest BCUT2D eigenvalue weighted by atomic mass is 35.5. The molecule has 0 aromatic heterocycles. The minimum Gasteiger partial charge on any atom is -0.324 e. The van der Waals surface area contributed by atoms with Crippen molar-refractivity contribution in [3.05, 3.63) is 56.5 Å². The van der Waals surface area contributed by atoms with E-state index in [4.69, 9.17) is 34.8 Å².